The van der Waals surface area contributed by atoms with Crippen LogP contribution in [0.3, 0.4) is 0 Å². The first-order valence-corrected chi connectivity index (χ1v) is 5.41. The molecular formula is C9H11N5OS. The SMILES string of the molecule is Cc1cnc(NC(=O)c2c(N)cnn2C)s1. The van der Waals surface area contributed by atoms with Crippen LogP contribution in [-0.2, 0) is 7.05 Å². The largest absolute Gasteiger partial charge is 0.396 e. The molecule has 16 heavy (non-hydrogen) atoms. The minimum Gasteiger partial charge on any atom is -0.396 e. The highest BCUT2D eigenvalue weighted by Gasteiger charge is 2.15. The van der Waals surface area contributed by atoms with Gasteiger partial charge in [-0.1, -0.05) is 0 Å². The van der Waals surface area contributed by atoms with Crippen LogP contribution >= 0.6 is 11.3 Å². The molecule has 0 aliphatic rings. The van der Waals surface area contributed by atoms with Crippen LogP contribution in [0.1, 0.15) is 15.4 Å². The third kappa shape index (κ3) is 1.89. The highest BCUT2D eigenvalue weighted by Crippen LogP contribution is 2.18. The first-order valence-electron chi connectivity index (χ1n) is 4.59. The van der Waals surface area contributed by atoms with Crippen LogP contribution in [0.15, 0.2) is 12.4 Å². The number of anilines is 2. The maximum Gasteiger partial charge on any atom is 0.277 e. The number of carbonyl (C=O) groups is 1. The molecule has 84 valence electrons. The average molecular weight is 237 g/mol. The van der Waals surface area contributed by atoms with E-state index in [1.54, 1.807) is 13.2 Å². The Morgan fingerprint density at radius 2 is 2.31 bits per heavy atom. The minimum absolute atomic E-state index is 0.299. The van der Waals surface area contributed by atoms with Gasteiger partial charge in [-0.05, 0) is 6.92 Å². The summed E-state index contributed by atoms with van der Waals surface area (Å²) >= 11 is 1.41. The van der Waals surface area contributed by atoms with E-state index in [1.165, 1.54) is 22.2 Å². The van der Waals surface area contributed by atoms with E-state index in [9.17, 15) is 4.79 Å². The van der Waals surface area contributed by atoms with Gasteiger partial charge in [0.2, 0.25) is 0 Å². The molecular weight excluding hydrogens is 226 g/mol. The van der Waals surface area contributed by atoms with Gasteiger partial charge in [-0.25, -0.2) is 4.98 Å². The molecule has 0 radical (unpaired) electrons. The molecule has 0 atom stereocenters. The highest BCUT2D eigenvalue weighted by atomic mass is 32.1. The number of nitrogens with zero attached hydrogens (tertiary/aromatic N) is 3. The summed E-state index contributed by atoms with van der Waals surface area (Å²) in [6.45, 7) is 1.92. The maximum atomic E-state index is 11.8. The molecule has 0 aromatic carbocycles. The molecule has 0 aliphatic heterocycles. The van der Waals surface area contributed by atoms with Crippen molar-refractivity contribution in [3.05, 3.63) is 23.0 Å². The van der Waals surface area contributed by atoms with E-state index < -0.39 is 0 Å². The lowest BCUT2D eigenvalue weighted by Gasteiger charge is -2.02. The summed E-state index contributed by atoms with van der Waals surface area (Å²) in [5, 5.41) is 7.13. The van der Waals surface area contributed by atoms with Crippen LogP contribution in [0.4, 0.5) is 10.8 Å². The zero-order chi connectivity index (χ0) is 11.7. The fraction of sp³-hybridized carbons (Fsp3) is 0.222. The van der Waals surface area contributed by atoms with Crippen LogP contribution in [-0.4, -0.2) is 20.7 Å². The summed E-state index contributed by atoms with van der Waals surface area (Å²) in [5.74, 6) is -0.299. The van der Waals surface area contributed by atoms with Crippen molar-refractivity contribution in [3.63, 3.8) is 0 Å². The summed E-state index contributed by atoms with van der Waals surface area (Å²) in [4.78, 5) is 16.9. The average Bonchev–Trinajstić information content (AvgIpc) is 2.74. The molecule has 3 N–H and O–H groups in total. The lowest BCUT2D eigenvalue weighted by Crippen LogP contribution is -2.17. The van der Waals surface area contributed by atoms with E-state index in [4.69, 9.17) is 5.73 Å². The van der Waals surface area contributed by atoms with E-state index in [0.717, 1.165) is 4.88 Å². The normalized spacial score (nSPS) is 10.4. The number of rotatable bonds is 2. The summed E-state index contributed by atoms with van der Waals surface area (Å²) < 4.78 is 1.44. The zero-order valence-electron chi connectivity index (χ0n) is 8.89. The Kier molecular flexibility index (Phi) is 2.61. The number of aryl methyl sites for hydroxylation is 2. The quantitative estimate of drug-likeness (QED) is 0.816. The molecule has 0 saturated heterocycles. The molecule has 7 heteroatoms. The number of nitrogens with one attached hydrogen (secondary N) is 1. The Hall–Kier alpha value is -1.89. The maximum absolute atomic E-state index is 11.8. The van der Waals surface area contributed by atoms with Crippen molar-refractivity contribution in [2.45, 2.75) is 6.92 Å². The van der Waals surface area contributed by atoms with E-state index in [0.29, 0.717) is 16.5 Å². The van der Waals surface area contributed by atoms with Gasteiger partial charge in [0.05, 0.1) is 11.9 Å². The summed E-state index contributed by atoms with van der Waals surface area (Å²) in [6.07, 6.45) is 3.15. The van der Waals surface area contributed by atoms with Crippen LogP contribution < -0.4 is 11.1 Å². The lowest BCUT2D eigenvalue weighted by atomic mass is 10.3. The van der Waals surface area contributed by atoms with Gasteiger partial charge in [0.1, 0.15) is 5.69 Å². The van der Waals surface area contributed by atoms with Gasteiger partial charge >= 0.3 is 0 Å². The second kappa shape index (κ2) is 3.93. The van der Waals surface area contributed by atoms with Gasteiger partial charge in [0.25, 0.3) is 5.91 Å². The van der Waals surface area contributed by atoms with Crippen molar-refractivity contribution in [2.75, 3.05) is 11.1 Å². The topological polar surface area (TPSA) is 85.8 Å². The lowest BCUT2D eigenvalue weighted by molar-refractivity contribution is 0.101. The van der Waals surface area contributed by atoms with Crippen LogP contribution in [0, 0.1) is 6.92 Å². The van der Waals surface area contributed by atoms with Crippen LogP contribution in [0.25, 0.3) is 0 Å². The Balaban J connectivity index is 2.21. The molecule has 2 aromatic heterocycles. The highest BCUT2D eigenvalue weighted by molar-refractivity contribution is 7.15. The number of hydrogen-bond acceptors (Lipinski definition) is 5. The minimum atomic E-state index is -0.299. The molecule has 0 aliphatic carbocycles. The van der Waals surface area contributed by atoms with E-state index in [-0.39, 0.29) is 5.91 Å². The predicted molar refractivity (Wildman–Crippen MR) is 62.4 cm³/mol. The third-order valence-electron chi connectivity index (χ3n) is 2.02. The van der Waals surface area contributed by atoms with E-state index >= 15 is 0 Å². The third-order valence-corrected chi connectivity index (χ3v) is 2.85. The first-order chi connectivity index (χ1) is 7.58. The second-order valence-corrected chi connectivity index (χ2v) is 4.54. The summed E-state index contributed by atoms with van der Waals surface area (Å²) in [6, 6.07) is 0. The van der Waals surface area contributed by atoms with E-state index in [2.05, 4.69) is 15.4 Å². The molecule has 2 rings (SSSR count). The predicted octanol–water partition coefficient (Wildman–Crippen LogP) is 1.02. The molecule has 6 nitrogen and oxygen atoms in total. The number of nitrogens with two attached hydrogens (primary N) is 1. The molecule has 0 spiro atoms. The van der Waals surface area contributed by atoms with Gasteiger partial charge in [-0.3, -0.25) is 14.8 Å². The Morgan fingerprint density at radius 1 is 1.56 bits per heavy atom. The second-order valence-electron chi connectivity index (χ2n) is 3.30. The van der Waals surface area contributed by atoms with Crippen LogP contribution in [0.2, 0.25) is 0 Å². The number of nitrogen functional groups attached to an aromatic ring is 1. The Labute approximate surface area is 96.1 Å². The monoisotopic (exact) mass is 237 g/mol. The molecule has 2 heterocycles. The number of thiazole rings is 1. The summed E-state index contributed by atoms with van der Waals surface area (Å²) in [7, 11) is 1.67. The number of hydrogen-bond donors (Lipinski definition) is 2. The smallest absolute Gasteiger partial charge is 0.277 e. The Morgan fingerprint density at radius 3 is 2.81 bits per heavy atom. The van der Waals surface area contributed by atoms with Gasteiger partial charge in [0, 0.05) is 18.1 Å². The van der Waals surface area contributed by atoms with Gasteiger partial charge < -0.3 is 5.73 Å². The fourth-order valence-corrected chi connectivity index (χ4v) is 1.96. The molecule has 2 aromatic rings. The Bertz CT molecular complexity index is 510. The van der Waals surface area contributed by atoms with Crippen molar-refractivity contribution in [2.24, 2.45) is 7.05 Å². The molecule has 0 bridgehead atoms. The summed E-state index contributed by atoms with van der Waals surface area (Å²) in [5.41, 5.74) is 6.34. The molecule has 0 fully saturated rings. The van der Waals surface area contributed by atoms with Gasteiger partial charge in [-0.15, -0.1) is 11.3 Å². The molecule has 0 unspecified atom stereocenters. The van der Waals surface area contributed by atoms with Crippen molar-refractivity contribution < 1.29 is 4.79 Å². The van der Waals surface area contributed by atoms with Gasteiger partial charge in [-0.2, -0.15) is 5.10 Å². The standard InChI is InChI=1S/C9H11N5OS/c1-5-3-11-9(16-5)13-8(15)7-6(10)4-12-14(7)2/h3-4H,10H2,1-2H3,(H,11,13,15). The first kappa shape index (κ1) is 10.6. The van der Waals surface area contributed by atoms with Crippen molar-refractivity contribution in [1.82, 2.24) is 14.8 Å². The number of aromatic nitrogens is 3. The van der Waals surface area contributed by atoms with Gasteiger partial charge in [0.15, 0.2) is 5.13 Å². The van der Waals surface area contributed by atoms with Crippen molar-refractivity contribution in [3.8, 4) is 0 Å². The van der Waals surface area contributed by atoms with Crippen molar-refractivity contribution in [1.29, 1.82) is 0 Å². The zero-order valence-corrected chi connectivity index (χ0v) is 9.71. The molecule has 0 saturated carbocycles. The number of carbonyl (C=O) groups excluding carboxylic acids is 1. The number of amides is 1. The van der Waals surface area contributed by atoms with Crippen molar-refractivity contribution >= 4 is 28.1 Å². The molecule has 1 amide bonds. The van der Waals surface area contributed by atoms with Crippen LogP contribution in [0.5, 0.6) is 0 Å². The van der Waals surface area contributed by atoms with E-state index in [1.807, 2.05) is 6.92 Å². The fourth-order valence-electron chi connectivity index (χ4n) is 1.30.